The number of nitrogens with two attached hydrogens (primary N) is 1. The summed E-state index contributed by atoms with van der Waals surface area (Å²) < 4.78 is 0. The second kappa shape index (κ2) is 11.7. The Bertz CT molecular complexity index is 530. The first kappa shape index (κ1) is 22.2. The molecule has 1 aliphatic rings. The van der Waals surface area contributed by atoms with Gasteiger partial charge in [0.2, 0.25) is 0 Å². The number of nitrogens with one attached hydrogen (secondary N) is 1. The summed E-state index contributed by atoms with van der Waals surface area (Å²) in [6, 6.07) is 8.38. The zero-order valence-corrected chi connectivity index (χ0v) is 18.3. The standard InChI is InChI=1S/C20H34N4.HI/c1-16(2)18-9-6-10-19(14-18)23-20(21)22-11-4-5-12-24-13-7-8-17(3)15-24;/h6,9-10,14,16-17H,4-5,7-8,11-13,15H2,1-3H3,(H3,21,22,23);1H. The SMILES string of the molecule is CC1CCCN(CCCCN=C(N)Nc2cccc(C(C)C)c2)C1.I. The molecule has 0 radical (unpaired) electrons. The molecular weight excluding hydrogens is 423 g/mol. The van der Waals surface area contributed by atoms with E-state index in [9.17, 15) is 0 Å². The molecule has 1 aliphatic heterocycles. The van der Waals surface area contributed by atoms with Crippen LogP contribution >= 0.6 is 24.0 Å². The maximum atomic E-state index is 6.00. The zero-order chi connectivity index (χ0) is 17.4. The summed E-state index contributed by atoms with van der Waals surface area (Å²) in [6.07, 6.45) is 5.04. The van der Waals surface area contributed by atoms with Gasteiger partial charge in [-0.15, -0.1) is 24.0 Å². The van der Waals surface area contributed by atoms with Crippen LogP contribution in [0.3, 0.4) is 0 Å². The highest BCUT2D eigenvalue weighted by Crippen LogP contribution is 2.18. The molecule has 0 amide bonds. The molecule has 0 bridgehead atoms. The summed E-state index contributed by atoms with van der Waals surface area (Å²) in [4.78, 5) is 7.05. The first-order chi connectivity index (χ1) is 11.5. The number of halogens is 1. The summed E-state index contributed by atoms with van der Waals surface area (Å²) in [5, 5.41) is 3.20. The molecule has 25 heavy (non-hydrogen) atoms. The molecule has 1 aromatic carbocycles. The van der Waals surface area contributed by atoms with E-state index in [0.29, 0.717) is 11.9 Å². The van der Waals surface area contributed by atoms with E-state index in [1.54, 1.807) is 0 Å². The number of nitrogens with zero attached hydrogens (tertiary/aromatic N) is 2. The number of likely N-dealkylation sites (tertiary alicyclic amines) is 1. The number of guanidine groups is 1. The Kier molecular flexibility index (Phi) is 10.4. The Hall–Kier alpha value is -0.820. The van der Waals surface area contributed by atoms with Crippen LogP contribution in [0.15, 0.2) is 29.3 Å². The highest BCUT2D eigenvalue weighted by atomic mass is 127. The van der Waals surface area contributed by atoms with Crippen LogP contribution in [0.2, 0.25) is 0 Å². The molecule has 0 saturated carbocycles. The van der Waals surface area contributed by atoms with Gasteiger partial charge in [-0.05, 0) is 68.3 Å². The molecule has 4 nitrogen and oxygen atoms in total. The molecule has 1 unspecified atom stereocenters. The summed E-state index contributed by atoms with van der Waals surface area (Å²) in [5.41, 5.74) is 8.33. The average molecular weight is 458 g/mol. The number of hydrogen-bond donors (Lipinski definition) is 2. The minimum absolute atomic E-state index is 0. The number of rotatable bonds is 7. The van der Waals surface area contributed by atoms with E-state index in [1.807, 2.05) is 6.07 Å². The minimum atomic E-state index is 0. The normalized spacial score (nSPS) is 18.9. The zero-order valence-electron chi connectivity index (χ0n) is 16.0. The van der Waals surface area contributed by atoms with Gasteiger partial charge in [0.05, 0.1) is 0 Å². The van der Waals surface area contributed by atoms with E-state index in [1.165, 1.54) is 44.5 Å². The van der Waals surface area contributed by atoms with Gasteiger partial charge in [0.15, 0.2) is 5.96 Å². The van der Waals surface area contributed by atoms with Crippen LogP contribution in [-0.4, -0.2) is 37.0 Å². The lowest BCUT2D eigenvalue weighted by molar-refractivity contribution is 0.181. The van der Waals surface area contributed by atoms with Crippen LogP contribution < -0.4 is 11.1 Å². The number of hydrogen-bond acceptors (Lipinski definition) is 2. The Morgan fingerprint density at radius 3 is 2.88 bits per heavy atom. The molecule has 5 heteroatoms. The highest BCUT2D eigenvalue weighted by molar-refractivity contribution is 14.0. The molecule has 0 aromatic heterocycles. The fourth-order valence-electron chi connectivity index (χ4n) is 3.30. The Morgan fingerprint density at radius 1 is 1.36 bits per heavy atom. The van der Waals surface area contributed by atoms with Gasteiger partial charge in [-0.3, -0.25) is 4.99 Å². The number of benzene rings is 1. The first-order valence-corrected chi connectivity index (χ1v) is 9.44. The Balaban J connectivity index is 0.00000312. The van der Waals surface area contributed by atoms with Crippen LogP contribution in [-0.2, 0) is 0 Å². The van der Waals surface area contributed by atoms with Crippen molar-refractivity contribution in [1.82, 2.24) is 4.90 Å². The molecule has 0 spiro atoms. The summed E-state index contributed by atoms with van der Waals surface area (Å²) in [5.74, 6) is 1.89. The third kappa shape index (κ3) is 8.40. The monoisotopic (exact) mass is 458 g/mol. The summed E-state index contributed by atoms with van der Waals surface area (Å²) in [7, 11) is 0. The third-order valence-corrected chi connectivity index (χ3v) is 4.73. The molecule has 1 aromatic rings. The lowest BCUT2D eigenvalue weighted by Crippen LogP contribution is -2.35. The lowest BCUT2D eigenvalue weighted by Gasteiger charge is -2.30. The number of piperidine rings is 1. The maximum Gasteiger partial charge on any atom is 0.193 e. The van der Waals surface area contributed by atoms with E-state index in [0.717, 1.165) is 24.6 Å². The Labute approximate surface area is 170 Å². The molecule has 3 N–H and O–H groups in total. The number of aliphatic imine (C=N–C) groups is 1. The largest absolute Gasteiger partial charge is 0.370 e. The van der Waals surface area contributed by atoms with Gasteiger partial charge in [-0.2, -0.15) is 0 Å². The molecule has 1 saturated heterocycles. The van der Waals surface area contributed by atoms with Crippen molar-refractivity contribution in [3.05, 3.63) is 29.8 Å². The van der Waals surface area contributed by atoms with Gasteiger partial charge in [-0.1, -0.05) is 32.9 Å². The molecule has 1 fully saturated rings. The van der Waals surface area contributed by atoms with Crippen molar-refractivity contribution in [2.75, 3.05) is 31.5 Å². The summed E-state index contributed by atoms with van der Waals surface area (Å²) >= 11 is 0. The van der Waals surface area contributed by atoms with Crippen LogP contribution in [0.25, 0.3) is 0 Å². The van der Waals surface area contributed by atoms with Gasteiger partial charge in [-0.25, -0.2) is 0 Å². The average Bonchev–Trinajstić information content (AvgIpc) is 2.55. The topological polar surface area (TPSA) is 53.6 Å². The van der Waals surface area contributed by atoms with E-state index < -0.39 is 0 Å². The van der Waals surface area contributed by atoms with Crippen molar-refractivity contribution < 1.29 is 0 Å². The third-order valence-electron chi connectivity index (χ3n) is 4.73. The molecule has 2 rings (SSSR count). The summed E-state index contributed by atoms with van der Waals surface area (Å²) in [6.45, 7) is 11.3. The van der Waals surface area contributed by atoms with Gasteiger partial charge >= 0.3 is 0 Å². The predicted molar refractivity (Wildman–Crippen MR) is 120 cm³/mol. The first-order valence-electron chi connectivity index (χ1n) is 9.44. The van der Waals surface area contributed by atoms with Crippen molar-refractivity contribution in [1.29, 1.82) is 0 Å². The molecule has 1 atom stereocenters. The number of unbranched alkanes of at least 4 members (excludes halogenated alkanes) is 1. The van der Waals surface area contributed by atoms with E-state index in [2.05, 4.69) is 54.2 Å². The number of anilines is 1. The van der Waals surface area contributed by atoms with Crippen molar-refractivity contribution in [2.45, 2.75) is 52.4 Å². The highest BCUT2D eigenvalue weighted by Gasteiger charge is 2.15. The van der Waals surface area contributed by atoms with E-state index in [4.69, 9.17) is 5.73 Å². The fourth-order valence-corrected chi connectivity index (χ4v) is 3.30. The van der Waals surface area contributed by atoms with Gasteiger partial charge in [0.1, 0.15) is 0 Å². The van der Waals surface area contributed by atoms with Gasteiger partial charge < -0.3 is 16.0 Å². The minimum Gasteiger partial charge on any atom is -0.370 e. The van der Waals surface area contributed by atoms with Crippen LogP contribution in [0.4, 0.5) is 5.69 Å². The van der Waals surface area contributed by atoms with Crippen LogP contribution in [0.5, 0.6) is 0 Å². The van der Waals surface area contributed by atoms with Gasteiger partial charge in [0.25, 0.3) is 0 Å². The van der Waals surface area contributed by atoms with Crippen molar-refractivity contribution in [3.63, 3.8) is 0 Å². The lowest BCUT2D eigenvalue weighted by atomic mass is 10.0. The second-order valence-electron chi connectivity index (χ2n) is 7.43. The molecule has 0 aliphatic carbocycles. The molecular formula is C20H35IN4. The van der Waals surface area contributed by atoms with Gasteiger partial charge in [0, 0.05) is 18.8 Å². The van der Waals surface area contributed by atoms with Crippen molar-refractivity contribution in [2.24, 2.45) is 16.6 Å². The Morgan fingerprint density at radius 2 is 2.16 bits per heavy atom. The predicted octanol–water partition coefficient (Wildman–Crippen LogP) is 4.67. The van der Waals surface area contributed by atoms with Crippen LogP contribution in [0, 0.1) is 5.92 Å². The van der Waals surface area contributed by atoms with E-state index in [-0.39, 0.29) is 24.0 Å². The maximum absolute atomic E-state index is 6.00. The molecule has 1 heterocycles. The van der Waals surface area contributed by atoms with E-state index >= 15 is 0 Å². The smallest absolute Gasteiger partial charge is 0.193 e. The van der Waals surface area contributed by atoms with Crippen molar-refractivity contribution >= 4 is 35.6 Å². The fraction of sp³-hybridized carbons (Fsp3) is 0.650. The quantitative estimate of drug-likeness (QED) is 0.270. The second-order valence-corrected chi connectivity index (χ2v) is 7.43. The van der Waals surface area contributed by atoms with Crippen molar-refractivity contribution in [3.8, 4) is 0 Å². The molecule has 142 valence electrons. The van der Waals surface area contributed by atoms with Crippen LogP contribution in [0.1, 0.15) is 57.9 Å².